The smallest absolute Gasteiger partial charge is 0.252 e. The van der Waals surface area contributed by atoms with E-state index in [-0.39, 0.29) is 11.9 Å². The maximum Gasteiger partial charge on any atom is 0.252 e. The summed E-state index contributed by atoms with van der Waals surface area (Å²) in [7, 11) is 0. The predicted molar refractivity (Wildman–Crippen MR) is 75.4 cm³/mol. The van der Waals surface area contributed by atoms with Gasteiger partial charge < -0.3 is 10.1 Å². The number of pyridine rings is 2. The number of nitrogens with zero attached hydrogens (tertiary/aromatic N) is 2. The van der Waals surface area contributed by atoms with Gasteiger partial charge in [-0.25, -0.2) is 0 Å². The van der Waals surface area contributed by atoms with Crippen molar-refractivity contribution in [1.29, 1.82) is 0 Å². The molecule has 5 nitrogen and oxygen atoms in total. The van der Waals surface area contributed by atoms with Gasteiger partial charge in [-0.05, 0) is 25.5 Å². The second-order valence-electron chi connectivity index (χ2n) is 5.14. The zero-order chi connectivity index (χ0) is 13.9. The summed E-state index contributed by atoms with van der Waals surface area (Å²) in [6, 6.07) is 3.64. The molecular formula is C15H17N3O2. The van der Waals surface area contributed by atoms with E-state index in [1.54, 1.807) is 30.7 Å². The van der Waals surface area contributed by atoms with Gasteiger partial charge in [-0.1, -0.05) is 0 Å². The highest BCUT2D eigenvalue weighted by Crippen LogP contribution is 2.18. The van der Waals surface area contributed by atoms with Crippen LogP contribution in [0, 0.1) is 5.92 Å². The monoisotopic (exact) mass is 271 g/mol. The van der Waals surface area contributed by atoms with Crippen LogP contribution in [0.3, 0.4) is 0 Å². The molecule has 2 aromatic heterocycles. The Balaban J connectivity index is 1.81. The van der Waals surface area contributed by atoms with E-state index in [0.29, 0.717) is 11.5 Å². The number of rotatable bonds is 3. The van der Waals surface area contributed by atoms with Crippen molar-refractivity contribution in [3.63, 3.8) is 0 Å². The Morgan fingerprint density at radius 1 is 1.45 bits per heavy atom. The van der Waals surface area contributed by atoms with Crippen LogP contribution in [0.1, 0.15) is 23.7 Å². The Morgan fingerprint density at radius 2 is 2.35 bits per heavy atom. The third kappa shape index (κ3) is 2.49. The fourth-order valence-electron chi connectivity index (χ4n) is 2.54. The number of nitrogens with one attached hydrogen (secondary N) is 1. The third-order valence-electron chi connectivity index (χ3n) is 3.82. The van der Waals surface area contributed by atoms with Crippen LogP contribution < -0.4 is 5.32 Å². The summed E-state index contributed by atoms with van der Waals surface area (Å²) in [5, 5.41) is 3.84. The molecule has 1 amide bonds. The molecule has 2 atom stereocenters. The summed E-state index contributed by atoms with van der Waals surface area (Å²) >= 11 is 0. The minimum atomic E-state index is -0.0789. The summed E-state index contributed by atoms with van der Waals surface area (Å²) in [5.74, 6) is 0.315. The highest BCUT2D eigenvalue weighted by atomic mass is 16.5. The van der Waals surface area contributed by atoms with Gasteiger partial charge in [0.05, 0.1) is 17.7 Å². The van der Waals surface area contributed by atoms with Gasteiger partial charge in [-0.3, -0.25) is 14.8 Å². The summed E-state index contributed by atoms with van der Waals surface area (Å²) in [5.41, 5.74) is 1.40. The van der Waals surface area contributed by atoms with E-state index in [1.807, 2.05) is 6.92 Å². The summed E-state index contributed by atoms with van der Waals surface area (Å²) < 4.78 is 5.36. The predicted octanol–water partition coefficient (Wildman–Crippen LogP) is 1.78. The SMILES string of the molecule is C[C@H](NC(=O)c1ccnc2ccncc12)[C@H]1CCOC1. The first-order valence-corrected chi connectivity index (χ1v) is 6.83. The highest BCUT2D eigenvalue weighted by molar-refractivity contribution is 6.05. The van der Waals surface area contributed by atoms with Gasteiger partial charge in [0.2, 0.25) is 0 Å². The van der Waals surface area contributed by atoms with Crippen LogP contribution in [0.2, 0.25) is 0 Å². The lowest BCUT2D eigenvalue weighted by atomic mass is 10.00. The molecule has 1 N–H and O–H groups in total. The number of carbonyl (C=O) groups is 1. The van der Waals surface area contributed by atoms with Crippen molar-refractivity contribution >= 4 is 16.8 Å². The molecule has 0 radical (unpaired) electrons. The highest BCUT2D eigenvalue weighted by Gasteiger charge is 2.24. The molecule has 104 valence electrons. The number of aromatic nitrogens is 2. The Hall–Kier alpha value is -2.01. The molecule has 5 heteroatoms. The number of hydrogen-bond acceptors (Lipinski definition) is 4. The van der Waals surface area contributed by atoms with Crippen LogP contribution in [0.4, 0.5) is 0 Å². The molecule has 1 fully saturated rings. The van der Waals surface area contributed by atoms with Crippen molar-refractivity contribution in [3.8, 4) is 0 Å². The number of fused-ring (bicyclic) bond motifs is 1. The number of hydrogen-bond donors (Lipinski definition) is 1. The van der Waals surface area contributed by atoms with Crippen molar-refractivity contribution < 1.29 is 9.53 Å². The lowest BCUT2D eigenvalue weighted by Crippen LogP contribution is -2.38. The van der Waals surface area contributed by atoms with E-state index in [9.17, 15) is 4.79 Å². The molecule has 2 aromatic rings. The first-order valence-electron chi connectivity index (χ1n) is 6.83. The van der Waals surface area contributed by atoms with Crippen LogP contribution in [0.15, 0.2) is 30.7 Å². The molecule has 1 aliphatic heterocycles. The van der Waals surface area contributed by atoms with Gasteiger partial charge in [0.1, 0.15) is 0 Å². The van der Waals surface area contributed by atoms with Crippen molar-refractivity contribution in [2.45, 2.75) is 19.4 Å². The Labute approximate surface area is 117 Å². The molecule has 1 aliphatic rings. The van der Waals surface area contributed by atoms with E-state index >= 15 is 0 Å². The zero-order valence-electron chi connectivity index (χ0n) is 11.4. The van der Waals surface area contributed by atoms with Gasteiger partial charge in [0.25, 0.3) is 5.91 Å². The second kappa shape index (κ2) is 5.54. The van der Waals surface area contributed by atoms with Gasteiger partial charge in [0, 0.05) is 42.5 Å². The number of amides is 1. The average Bonchev–Trinajstić information content (AvgIpc) is 3.01. The molecule has 1 saturated heterocycles. The largest absolute Gasteiger partial charge is 0.381 e. The Bertz CT molecular complexity index is 618. The normalized spacial score (nSPS) is 19.9. The first kappa shape index (κ1) is 13.0. The summed E-state index contributed by atoms with van der Waals surface area (Å²) in [6.45, 7) is 3.53. The van der Waals surface area contributed by atoms with Crippen molar-refractivity contribution in [1.82, 2.24) is 15.3 Å². The minimum absolute atomic E-state index is 0.0789. The van der Waals surface area contributed by atoms with Gasteiger partial charge in [0.15, 0.2) is 0 Å². The molecule has 0 spiro atoms. The minimum Gasteiger partial charge on any atom is -0.381 e. The zero-order valence-corrected chi connectivity index (χ0v) is 11.4. The quantitative estimate of drug-likeness (QED) is 0.924. The number of carbonyl (C=O) groups excluding carboxylic acids is 1. The lowest BCUT2D eigenvalue weighted by Gasteiger charge is -2.19. The molecule has 3 rings (SSSR count). The topological polar surface area (TPSA) is 64.1 Å². The van der Waals surface area contributed by atoms with Crippen LogP contribution in [-0.4, -0.2) is 35.1 Å². The Kier molecular flexibility index (Phi) is 3.60. The number of ether oxygens (including phenoxy) is 1. The standard InChI is InChI=1S/C15H17N3O2/c1-10(11-4-7-20-9-11)18-15(19)12-2-6-17-14-3-5-16-8-13(12)14/h2-3,5-6,8,10-11H,4,7,9H2,1H3,(H,18,19)/t10-,11-/m0/s1. The summed E-state index contributed by atoms with van der Waals surface area (Å²) in [6.07, 6.45) is 6.01. The lowest BCUT2D eigenvalue weighted by molar-refractivity contribution is 0.0924. The maximum atomic E-state index is 12.4. The average molecular weight is 271 g/mol. The van der Waals surface area contributed by atoms with E-state index in [4.69, 9.17) is 4.74 Å². The molecule has 0 aliphatic carbocycles. The van der Waals surface area contributed by atoms with E-state index in [2.05, 4.69) is 15.3 Å². The van der Waals surface area contributed by atoms with Gasteiger partial charge in [-0.15, -0.1) is 0 Å². The molecule has 3 heterocycles. The summed E-state index contributed by atoms with van der Waals surface area (Å²) in [4.78, 5) is 20.7. The molecular weight excluding hydrogens is 254 g/mol. The van der Waals surface area contributed by atoms with E-state index in [1.165, 1.54) is 0 Å². The van der Waals surface area contributed by atoms with Crippen molar-refractivity contribution in [2.75, 3.05) is 13.2 Å². The first-order chi connectivity index (χ1) is 9.75. The second-order valence-corrected chi connectivity index (χ2v) is 5.14. The molecule has 20 heavy (non-hydrogen) atoms. The van der Waals surface area contributed by atoms with E-state index in [0.717, 1.165) is 30.5 Å². The van der Waals surface area contributed by atoms with Crippen molar-refractivity contribution in [2.24, 2.45) is 5.92 Å². The fraction of sp³-hybridized carbons (Fsp3) is 0.400. The van der Waals surface area contributed by atoms with Crippen LogP contribution in [-0.2, 0) is 4.74 Å². The van der Waals surface area contributed by atoms with E-state index < -0.39 is 0 Å². The van der Waals surface area contributed by atoms with Gasteiger partial charge in [-0.2, -0.15) is 0 Å². The molecule has 0 unspecified atom stereocenters. The van der Waals surface area contributed by atoms with Crippen LogP contribution in [0.25, 0.3) is 10.9 Å². The molecule has 0 aromatic carbocycles. The molecule has 0 saturated carbocycles. The Morgan fingerprint density at radius 3 is 3.15 bits per heavy atom. The van der Waals surface area contributed by atoms with Crippen molar-refractivity contribution in [3.05, 3.63) is 36.3 Å². The van der Waals surface area contributed by atoms with Crippen LogP contribution >= 0.6 is 0 Å². The van der Waals surface area contributed by atoms with Gasteiger partial charge >= 0.3 is 0 Å². The molecule has 0 bridgehead atoms. The third-order valence-corrected chi connectivity index (χ3v) is 3.82. The van der Waals surface area contributed by atoms with Crippen LogP contribution in [0.5, 0.6) is 0 Å². The maximum absolute atomic E-state index is 12.4. The fourth-order valence-corrected chi connectivity index (χ4v) is 2.54.